The minimum absolute atomic E-state index is 0.0500. The molecule has 8 nitrogen and oxygen atoms in total. The first-order valence-electron chi connectivity index (χ1n) is 10.8. The predicted octanol–water partition coefficient (Wildman–Crippen LogP) is 3.09. The lowest BCUT2D eigenvalue weighted by atomic mass is 9.97. The van der Waals surface area contributed by atoms with E-state index >= 15 is 0 Å². The normalized spacial score (nSPS) is 17.7. The van der Waals surface area contributed by atoms with Gasteiger partial charge in [0.05, 0.1) is 16.3 Å². The molecule has 0 aromatic heterocycles. The largest absolute Gasteiger partial charge is 0.326 e. The summed E-state index contributed by atoms with van der Waals surface area (Å²) in [7, 11) is -7.01. The number of anilines is 2. The summed E-state index contributed by atoms with van der Waals surface area (Å²) in [4.78, 5) is 13.0. The van der Waals surface area contributed by atoms with Crippen LogP contribution in [0.25, 0.3) is 0 Å². The van der Waals surface area contributed by atoms with E-state index in [1.807, 2.05) is 6.07 Å². The number of nitrogens with zero attached hydrogens (tertiary/aromatic N) is 2. The Bertz CT molecular complexity index is 1260. The number of benzene rings is 2. The van der Waals surface area contributed by atoms with Gasteiger partial charge in [-0.1, -0.05) is 17.7 Å². The molecule has 1 N–H and O–H groups in total. The number of hydrogen-bond donors (Lipinski definition) is 1. The van der Waals surface area contributed by atoms with Crippen LogP contribution in [0.1, 0.15) is 25.3 Å². The summed E-state index contributed by atoms with van der Waals surface area (Å²) in [6.07, 6.45) is 1.49. The molecule has 2 aromatic rings. The van der Waals surface area contributed by atoms with Crippen LogP contribution < -0.4 is 9.62 Å². The van der Waals surface area contributed by atoms with Crippen LogP contribution in [0, 0.1) is 5.92 Å². The molecule has 2 aliphatic rings. The Hall–Kier alpha value is -2.14. The molecule has 0 radical (unpaired) electrons. The van der Waals surface area contributed by atoms with Crippen LogP contribution in [0.15, 0.2) is 47.4 Å². The van der Waals surface area contributed by atoms with Crippen LogP contribution in [-0.4, -0.2) is 52.4 Å². The zero-order chi connectivity index (χ0) is 23.8. The van der Waals surface area contributed by atoms with Crippen molar-refractivity contribution in [1.29, 1.82) is 0 Å². The van der Waals surface area contributed by atoms with Crippen LogP contribution in [0.5, 0.6) is 0 Å². The number of nitrogens with one attached hydrogen (secondary N) is 1. The first-order chi connectivity index (χ1) is 15.6. The summed E-state index contributed by atoms with van der Waals surface area (Å²) in [6, 6.07) is 11.3. The highest BCUT2D eigenvalue weighted by molar-refractivity contribution is 7.92. The molecule has 0 spiro atoms. The van der Waals surface area contributed by atoms with E-state index in [1.165, 1.54) is 20.7 Å². The SMILES string of the molecule is CCS(=O)(=O)N1CCC(C(=O)Nc2ccc3c(c2)N(S(=O)(=O)c2ccc(Cl)cc2)CC3)CC1. The maximum Gasteiger partial charge on any atom is 0.264 e. The standard InChI is InChI=1S/C22H26ClN3O5S2/c1-2-32(28,29)25-12-9-17(10-13-25)22(27)24-19-6-3-16-11-14-26(21(16)15-19)33(30,31)20-7-4-18(23)5-8-20/h3-8,15,17H,2,9-14H2,1H3,(H,24,27). The minimum Gasteiger partial charge on any atom is -0.326 e. The third-order valence-electron chi connectivity index (χ3n) is 6.19. The fraction of sp³-hybridized carbons (Fsp3) is 0.409. The zero-order valence-corrected chi connectivity index (χ0v) is 20.6. The molecular formula is C22H26ClN3O5S2. The van der Waals surface area contributed by atoms with E-state index in [1.54, 1.807) is 31.2 Å². The third-order valence-corrected chi connectivity index (χ3v) is 10.2. The number of piperidine rings is 1. The second-order valence-corrected chi connectivity index (χ2v) is 12.7. The summed E-state index contributed by atoms with van der Waals surface area (Å²) in [5, 5.41) is 3.34. The lowest BCUT2D eigenvalue weighted by Crippen LogP contribution is -2.42. The number of hydrogen-bond acceptors (Lipinski definition) is 5. The highest BCUT2D eigenvalue weighted by Crippen LogP contribution is 2.35. The van der Waals surface area contributed by atoms with Gasteiger partial charge in [-0.15, -0.1) is 0 Å². The van der Waals surface area contributed by atoms with Crippen molar-refractivity contribution in [3.05, 3.63) is 53.1 Å². The number of carbonyl (C=O) groups is 1. The highest BCUT2D eigenvalue weighted by atomic mass is 35.5. The Kier molecular flexibility index (Phi) is 6.73. The topological polar surface area (TPSA) is 104 Å². The fourth-order valence-corrected chi connectivity index (χ4v) is 6.99. The summed E-state index contributed by atoms with van der Waals surface area (Å²) in [6.45, 7) is 2.58. The van der Waals surface area contributed by atoms with Crippen LogP contribution >= 0.6 is 11.6 Å². The van der Waals surface area contributed by atoms with Crippen molar-refractivity contribution >= 4 is 48.9 Å². The summed E-state index contributed by atoms with van der Waals surface area (Å²) < 4.78 is 53.2. The highest BCUT2D eigenvalue weighted by Gasteiger charge is 2.32. The van der Waals surface area contributed by atoms with E-state index in [4.69, 9.17) is 11.6 Å². The van der Waals surface area contributed by atoms with Crippen LogP contribution in [-0.2, 0) is 31.3 Å². The molecule has 33 heavy (non-hydrogen) atoms. The fourth-order valence-electron chi connectivity index (χ4n) is 4.23. The van der Waals surface area contributed by atoms with Crippen molar-refractivity contribution in [2.24, 2.45) is 5.92 Å². The Balaban J connectivity index is 1.48. The molecule has 1 saturated heterocycles. The predicted molar refractivity (Wildman–Crippen MR) is 129 cm³/mol. The molecule has 178 valence electrons. The first-order valence-corrected chi connectivity index (χ1v) is 14.2. The molecule has 2 aliphatic heterocycles. The van der Waals surface area contributed by atoms with Gasteiger partial charge in [0, 0.05) is 36.3 Å². The van der Waals surface area contributed by atoms with Gasteiger partial charge in [0.25, 0.3) is 10.0 Å². The number of rotatable bonds is 6. The molecule has 0 saturated carbocycles. The van der Waals surface area contributed by atoms with E-state index in [9.17, 15) is 21.6 Å². The lowest BCUT2D eigenvalue weighted by molar-refractivity contribution is -0.120. The van der Waals surface area contributed by atoms with E-state index in [2.05, 4.69) is 5.32 Å². The molecule has 0 aliphatic carbocycles. The Morgan fingerprint density at radius 2 is 1.70 bits per heavy atom. The molecular weight excluding hydrogens is 486 g/mol. The minimum atomic E-state index is -3.76. The van der Waals surface area contributed by atoms with Crippen molar-refractivity contribution < 1.29 is 21.6 Å². The van der Waals surface area contributed by atoms with Gasteiger partial charge in [0.1, 0.15) is 0 Å². The number of amides is 1. The van der Waals surface area contributed by atoms with Crippen LogP contribution in [0.2, 0.25) is 5.02 Å². The number of carbonyl (C=O) groups excluding carboxylic acids is 1. The van der Waals surface area contributed by atoms with Gasteiger partial charge in [-0.25, -0.2) is 21.1 Å². The van der Waals surface area contributed by atoms with E-state index in [-0.39, 0.29) is 22.5 Å². The average Bonchev–Trinajstić information content (AvgIpc) is 3.23. The van der Waals surface area contributed by atoms with Crippen molar-refractivity contribution in [3.63, 3.8) is 0 Å². The van der Waals surface area contributed by atoms with Gasteiger partial charge >= 0.3 is 0 Å². The molecule has 11 heteroatoms. The number of fused-ring (bicyclic) bond motifs is 1. The second-order valence-electron chi connectivity index (χ2n) is 8.19. The molecule has 4 rings (SSSR count). The Morgan fingerprint density at radius 3 is 2.33 bits per heavy atom. The molecule has 0 atom stereocenters. The maximum atomic E-state index is 13.2. The van der Waals surface area contributed by atoms with Crippen LogP contribution in [0.4, 0.5) is 11.4 Å². The maximum absolute atomic E-state index is 13.2. The third kappa shape index (κ3) is 4.89. The van der Waals surface area contributed by atoms with Gasteiger partial charge in [0.2, 0.25) is 15.9 Å². The molecule has 0 unspecified atom stereocenters. The van der Waals surface area contributed by atoms with E-state index in [0.717, 1.165) is 5.56 Å². The molecule has 1 fully saturated rings. The first kappa shape index (κ1) is 24.0. The quantitative estimate of drug-likeness (QED) is 0.641. The molecule has 2 heterocycles. The van der Waals surface area contributed by atoms with Crippen molar-refractivity contribution in [1.82, 2.24) is 4.31 Å². The Morgan fingerprint density at radius 1 is 1.03 bits per heavy atom. The van der Waals surface area contributed by atoms with Crippen molar-refractivity contribution in [2.75, 3.05) is 35.0 Å². The second kappa shape index (κ2) is 9.25. The molecule has 2 aromatic carbocycles. The summed E-state index contributed by atoms with van der Waals surface area (Å²) in [5.41, 5.74) is 1.95. The van der Waals surface area contributed by atoms with E-state index < -0.39 is 20.0 Å². The number of sulfonamides is 2. The zero-order valence-electron chi connectivity index (χ0n) is 18.2. The molecule has 0 bridgehead atoms. The van der Waals surface area contributed by atoms with Gasteiger partial charge in [-0.2, -0.15) is 0 Å². The van der Waals surface area contributed by atoms with Crippen LogP contribution in [0.3, 0.4) is 0 Å². The Labute approximate surface area is 199 Å². The number of halogens is 1. The summed E-state index contributed by atoms with van der Waals surface area (Å²) >= 11 is 5.89. The summed E-state index contributed by atoms with van der Waals surface area (Å²) in [5.74, 6) is -0.432. The monoisotopic (exact) mass is 511 g/mol. The smallest absolute Gasteiger partial charge is 0.264 e. The average molecular weight is 512 g/mol. The molecule has 1 amide bonds. The van der Waals surface area contributed by atoms with Gasteiger partial charge in [-0.05, 0) is 68.1 Å². The van der Waals surface area contributed by atoms with Gasteiger partial charge in [0.15, 0.2) is 0 Å². The van der Waals surface area contributed by atoms with Crippen molar-refractivity contribution in [3.8, 4) is 0 Å². The van der Waals surface area contributed by atoms with Crippen molar-refractivity contribution in [2.45, 2.75) is 31.1 Å². The van der Waals surface area contributed by atoms with Gasteiger partial charge in [-0.3, -0.25) is 9.10 Å². The lowest BCUT2D eigenvalue weighted by Gasteiger charge is -2.30. The van der Waals surface area contributed by atoms with Gasteiger partial charge < -0.3 is 5.32 Å². The van der Waals surface area contributed by atoms with E-state index in [0.29, 0.717) is 55.3 Å².